The predicted molar refractivity (Wildman–Crippen MR) is 60.7 cm³/mol. The maximum Gasteiger partial charge on any atom is 0.240 e. The molecule has 1 amide bonds. The second-order valence-electron chi connectivity index (χ2n) is 4.03. The van der Waals surface area contributed by atoms with Gasteiger partial charge in [-0.25, -0.2) is 4.39 Å². The average molecular weight is 233 g/mol. The molecule has 1 aliphatic heterocycles. The van der Waals surface area contributed by atoms with Crippen LogP contribution >= 0.6 is 0 Å². The summed E-state index contributed by atoms with van der Waals surface area (Å²) in [5, 5.41) is 8.97. The molecular weight excluding hydrogens is 221 g/mol. The maximum absolute atomic E-state index is 13.0. The van der Waals surface area contributed by atoms with Crippen molar-refractivity contribution < 1.29 is 9.18 Å². The Bertz CT molecular complexity index is 495. The molecule has 1 aromatic carbocycles. The molecule has 0 aliphatic carbocycles. The minimum absolute atomic E-state index is 0.234. The highest BCUT2D eigenvalue weighted by Crippen LogP contribution is 2.28. The number of hydrogen-bond donors (Lipinski definition) is 1. The number of nitriles is 1. The van der Waals surface area contributed by atoms with Crippen LogP contribution in [-0.2, 0) is 4.79 Å². The standard InChI is InChI=1S/C12H12FN3O/c13-9-3-4-10(8(6-9)7-14)16-5-1-2-11(16)12(15)17/h3-4,6,11H,1-2,5H2,(H2,15,17). The van der Waals surface area contributed by atoms with Gasteiger partial charge in [-0.2, -0.15) is 5.26 Å². The molecule has 88 valence electrons. The number of nitrogens with two attached hydrogens (primary N) is 1. The van der Waals surface area contributed by atoms with Gasteiger partial charge >= 0.3 is 0 Å². The third-order valence-electron chi connectivity index (χ3n) is 2.97. The first kappa shape index (κ1) is 11.4. The van der Waals surface area contributed by atoms with Gasteiger partial charge in [-0.15, -0.1) is 0 Å². The van der Waals surface area contributed by atoms with Crippen LogP contribution < -0.4 is 10.6 Å². The fourth-order valence-electron chi connectivity index (χ4n) is 2.20. The van der Waals surface area contributed by atoms with Crippen LogP contribution in [0.2, 0.25) is 0 Å². The van der Waals surface area contributed by atoms with Crippen LogP contribution in [0, 0.1) is 17.1 Å². The molecule has 2 rings (SSSR count). The van der Waals surface area contributed by atoms with E-state index >= 15 is 0 Å². The monoisotopic (exact) mass is 233 g/mol. The van der Waals surface area contributed by atoms with E-state index in [2.05, 4.69) is 0 Å². The van der Waals surface area contributed by atoms with E-state index in [9.17, 15) is 9.18 Å². The van der Waals surface area contributed by atoms with Crippen molar-refractivity contribution in [2.24, 2.45) is 5.73 Å². The molecule has 1 aliphatic rings. The number of halogens is 1. The molecule has 17 heavy (non-hydrogen) atoms. The summed E-state index contributed by atoms with van der Waals surface area (Å²) in [6.07, 6.45) is 1.52. The van der Waals surface area contributed by atoms with Gasteiger partial charge in [0.05, 0.1) is 11.3 Å². The topological polar surface area (TPSA) is 70.1 Å². The maximum atomic E-state index is 13.0. The zero-order valence-electron chi connectivity index (χ0n) is 9.19. The van der Waals surface area contributed by atoms with Crippen molar-refractivity contribution in [2.45, 2.75) is 18.9 Å². The van der Waals surface area contributed by atoms with Crippen LogP contribution in [0.5, 0.6) is 0 Å². The second-order valence-corrected chi connectivity index (χ2v) is 4.03. The molecule has 0 bridgehead atoms. The fourth-order valence-corrected chi connectivity index (χ4v) is 2.20. The van der Waals surface area contributed by atoms with E-state index in [1.807, 2.05) is 6.07 Å². The zero-order chi connectivity index (χ0) is 12.4. The second kappa shape index (κ2) is 4.42. The Balaban J connectivity index is 2.40. The largest absolute Gasteiger partial charge is 0.368 e. The van der Waals surface area contributed by atoms with Gasteiger partial charge in [-0.1, -0.05) is 0 Å². The summed E-state index contributed by atoms with van der Waals surface area (Å²) >= 11 is 0. The molecule has 1 aromatic rings. The number of rotatable bonds is 2. The highest BCUT2D eigenvalue weighted by atomic mass is 19.1. The predicted octanol–water partition coefficient (Wildman–Crippen LogP) is 1.15. The number of hydrogen-bond acceptors (Lipinski definition) is 3. The summed E-state index contributed by atoms with van der Waals surface area (Å²) in [5.41, 5.74) is 6.12. The molecule has 2 N–H and O–H groups in total. The molecule has 1 atom stereocenters. The van der Waals surface area contributed by atoms with Gasteiger partial charge < -0.3 is 10.6 Å². The summed E-state index contributed by atoms with van der Waals surface area (Å²) in [4.78, 5) is 13.1. The number of amides is 1. The van der Waals surface area contributed by atoms with E-state index < -0.39 is 17.8 Å². The third-order valence-corrected chi connectivity index (χ3v) is 2.97. The van der Waals surface area contributed by atoms with Crippen LogP contribution in [-0.4, -0.2) is 18.5 Å². The number of anilines is 1. The van der Waals surface area contributed by atoms with E-state index in [-0.39, 0.29) is 5.56 Å². The summed E-state index contributed by atoms with van der Waals surface area (Å²) in [6.45, 7) is 0.661. The van der Waals surface area contributed by atoms with Crippen molar-refractivity contribution in [1.29, 1.82) is 5.26 Å². The highest BCUT2D eigenvalue weighted by Gasteiger charge is 2.30. The van der Waals surface area contributed by atoms with Crippen molar-refractivity contribution in [1.82, 2.24) is 0 Å². The zero-order valence-corrected chi connectivity index (χ0v) is 9.19. The van der Waals surface area contributed by atoms with Gasteiger partial charge in [0.15, 0.2) is 0 Å². The molecule has 5 heteroatoms. The van der Waals surface area contributed by atoms with Crippen molar-refractivity contribution in [3.63, 3.8) is 0 Å². The van der Waals surface area contributed by atoms with E-state index in [0.717, 1.165) is 6.42 Å². The fraction of sp³-hybridized carbons (Fsp3) is 0.333. The quantitative estimate of drug-likeness (QED) is 0.833. The molecule has 1 heterocycles. The number of carbonyl (C=O) groups excluding carboxylic acids is 1. The van der Waals surface area contributed by atoms with E-state index in [0.29, 0.717) is 18.7 Å². The van der Waals surface area contributed by atoms with Crippen LogP contribution in [0.3, 0.4) is 0 Å². The lowest BCUT2D eigenvalue weighted by molar-refractivity contribution is -0.119. The molecule has 1 saturated heterocycles. The Labute approximate surface area is 98.4 Å². The molecule has 1 fully saturated rings. The lowest BCUT2D eigenvalue weighted by Crippen LogP contribution is -2.40. The summed E-state index contributed by atoms with van der Waals surface area (Å²) in [6, 6.07) is 5.52. The first-order valence-corrected chi connectivity index (χ1v) is 5.39. The third kappa shape index (κ3) is 2.07. The van der Waals surface area contributed by atoms with Gasteiger partial charge in [0.2, 0.25) is 5.91 Å². The highest BCUT2D eigenvalue weighted by molar-refractivity contribution is 5.85. The van der Waals surface area contributed by atoms with Crippen molar-refractivity contribution in [3.05, 3.63) is 29.6 Å². The van der Waals surface area contributed by atoms with Crippen LogP contribution in [0.4, 0.5) is 10.1 Å². The minimum Gasteiger partial charge on any atom is -0.368 e. The minimum atomic E-state index is -0.458. The van der Waals surface area contributed by atoms with Crippen molar-refractivity contribution in [2.75, 3.05) is 11.4 Å². The smallest absolute Gasteiger partial charge is 0.240 e. The lowest BCUT2D eigenvalue weighted by atomic mass is 10.1. The summed E-state index contributed by atoms with van der Waals surface area (Å²) in [7, 11) is 0. The molecule has 4 nitrogen and oxygen atoms in total. The summed E-state index contributed by atoms with van der Waals surface area (Å²) < 4.78 is 13.0. The van der Waals surface area contributed by atoms with Crippen LogP contribution in [0.15, 0.2) is 18.2 Å². The van der Waals surface area contributed by atoms with Gasteiger partial charge in [0.1, 0.15) is 17.9 Å². The Morgan fingerprint density at radius 3 is 3.00 bits per heavy atom. The van der Waals surface area contributed by atoms with E-state index in [1.54, 1.807) is 4.90 Å². The Hall–Kier alpha value is -2.09. The molecule has 0 spiro atoms. The van der Waals surface area contributed by atoms with Gasteiger partial charge in [-0.05, 0) is 31.0 Å². The first-order chi connectivity index (χ1) is 8.13. The molecule has 0 saturated carbocycles. The average Bonchev–Trinajstić information content (AvgIpc) is 2.77. The van der Waals surface area contributed by atoms with Crippen LogP contribution in [0.25, 0.3) is 0 Å². The lowest BCUT2D eigenvalue weighted by Gasteiger charge is -2.25. The molecule has 0 aromatic heterocycles. The normalized spacial score (nSPS) is 19.1. The number of nitrogens with zero attached hydrogens (tertiary/aromatic N) is 2. The SMILES string of the molecule is N#Cc1cc(F)ccc1N1CCCC1C(N)=O. The Kier molecular flexibility index (Phi) is 2.96. The first-order valence-electron chi connectivity index (χ1n) is 5.39. The van der Waals surface area contributed by atoms with E-state index in [4.69, 9.17) is 11.0 Å². The van der Waals surface area contributed by atoms with E-state index in [1.165, 1.54) is 18.2 Å². The van der Waals surface area contributed by atoms with Gasteiger partial charge in [0.25, 0.3) is 0 Å². The Morgan fingerprint density at radius 2 is 2.35 bits per heavy atom. The van der Waals surface area contributed by atoms with Crippen LogP contribution in [0.1, 0.15) is 18.4 Å². The summed E-state index contributed by atoms with van der Waals surface area (Å²) in [5.74, 6) is -0.865. The molecular formula is C12H12FN3O. The van der Waals surface area contributed by atoms with Gasteiger partial charge in [-0.3, -0.25) is 4.79 Å². The van der Waals surface area contributed by atoms with Gasteiger partial charge in [0, 0.05) is 6.54 Å². The Morgan fingerprint density at radius 1 is 1.59 bits per heavy atom. The number of primary amides is 1. The molecule has 1 unspecified atom stereocenters. The molecule has 0 radical (unpaired) electrons. The number of carbonyl (C=O) groups is 1. The van der Waals surface area contributed by atoms with Crippen molar-refractivity contribution in [3.8, 4) is 6.07 Å². The van der Waals surface area contributed by atoms with Crippen molar-refractivity contribution >= 4 is 11.6 Å². The number of benzene rings is 1.